The fourth-order valence-corrected chi connectivity index (χ4v) is 0.779. The molecule has 0 unspecified atom stereocenters. The number of hydrazine groups is 1. The average Bonchev–Trinajstić information content (AvgIpc) is 2.05. The number of aromatic carboxylic acids is 1. The summed E-state index contributed by atoms with van der Waals surface area (Å²) in [4.78, 5) is 10.4. The second-order valence-electron chi connectivity index (χ2n) is 2.14. The van der Waals surface area contributed by atoms with Crippen molar-refractivity contribution in [3.63, 3.8) is 0 Å². The van der Waals surface area contributed by atoms with Gasteiger partial charge in [-0.3, -0.25) is 5.84 Å². The monoisotopic (exact) mass is 206 g/mol. The highest BCUT2D eigenvalue weighted by molar-refractivity contribution is 5.89. The van der Waals surface area contributed by atoms with Crippen molar-refractivity contribution >= 4 is 24.1 Å². The Labute approximate surface area is 79.9 Å². The molecule has 0 aromatic heterocycles. The third kappa shape index (κ3) is 2.57. The van der Waals surface area contributed by atoms with Crippen molar-refractivity contribution in [2.75, 3.05) is 5.43 Å². The summed E-state index contributed by atoms with van der Waals surface area (Å²) in [5.41, 5.74) is 2.18. The Morgan fingerprint density at radius 1 is 1.54 bits per heavy atom. The van der Waals surface area contributed by atoms with E-state index in [4.69, 9.17) is 10.9 Å². The molecule has 4 nitrogen and oxygen atoms in total. The highest BCUT2D eigenvalue weighted by atomic mass is 35.5. The van der Waals surface area contributed by atoms with Crippen LogP contribution in [0.3, 0.4) is 0 Å². The van der Waals surface area contributed by atoms with Gasteiger partial charge in [0.25, 0.3) is 0 Å². The SMILES string of the molecule is Cl.NNc1ccc(F)c(C(=O)O)c1. The van der Waals surface area contributed by atoms with Crippen molar-refractivity contribution < 1.29 is 14.3 Å². The van der Waals surface area contributed by atoms with Crippen molar-refractivity contribution in [3.8, 4) is 0 Å². The summed E-state index contributed by atoms with van der Waals surface area (Å²) in [5.74, 6) is 2.91. The maximum Gasteiger partial charge on any atom is 0.338 e. The number of carboxylic acids is 1. The molecule has 0 atom stereocenters. The zero-order chi connectivity index (χ0) is 9.14. The van der Waals surface area contributed by atoms with Crippen LogP contribution >= 0.6 is 12.4 Å². The predicted molar refractivity (Wildman–Crippen MR) is 48.4 cm³/mol. The molecule has 0 radical (unpaired) electrons. The lowest BCUT2D eigenvalue weighted by molar-refractivity contribution is 0.0692. The number of halogens is 2. The zero-order valence-electron chi connectivity index (χ0n) is 6.45. The van der Waals surface area contributed by atoms with Crippen molar-refractivity contribution in [2.24, 2.45) is 5.84 Å². The number of nitrogens with two attached hydrogens (primary N) is 1. The van der Waals surface area contributed by atoms with E-state index in [9.17, 15) is 9.18 Å². The minimum absolute atomic E-state index is 0. The number of hydrogen-bond donors (Lipinski definition) is 3. The molecule has 0 bridgehead atoms. The standard InChI is InChI=1S/C7H7FN2O2.ClH/c8-6-2-1-4(10-9)3-5(6)7(11)12;/h1-3,10H,9H2,(H,11,12);1H. The fraction of sp³-hybridized carbons (Fsp3) is 0. The average molecular weight is 207 g/mol. The maximum absolute atomic E-state index is 12.7. The molecule has 0 saturated carbocycles. The molecule has 72 valence electrons. The molecule has 0 fully saturated rings. The Bertz CT molecular complexity index is 319. The van der Waals surface area contributed by atoms with Crippen LogP contribution in [0.2, 0.25) is 0 Å². The van der Waals surface area contributed by atoms with Gasteiger partial charge in [-0.2, -0.15) is 0 Å². The first-order valence-electron chi connectivity index (χ1n) is 3.14. The molecule has 0 aliphatic carbocycles. The summed E-state index contributed by atoms with van der Waals surface area (Å²) >= 11 is 0. The lowest BCUT2D eigenvalue weighted by Gasteiger charge is -2.01. The van der Waals surface area contributed by atoms with E-state index >= 15 is 0 Å². The quantitative estimate of drug-likeness (QED) is 0.503. The second-order valence-corrected chi connectivity index (χ2v) is 2.14. The second kappa shape index (κ2) is 4.64. The molecule has 0 spiro atoms. The minimum Gasteiger partial charge on any atom is -0.478 e. The number of nitrogen functional groups attached to an aromatic ring is 1. The van der Waals surface area contributed by atoms with Crippen molar-refractivity contribution in [3.05, 3.63) is 29.6 Å². The Balaban J connectivity index is 0.00000144. The van der Waals surface area contributed by atoms with Gasteiger partial charge in [0.05, 0.1) is 5.56 Å². The van der Waals surface area contributed by atoms with Crippen LogP contribution in [0.5, 0.6) is 0 Å². The van der Waals surface area contributed by atoms with Crippen LogP contribution in [-0.2, 0) is 0 Å². The van der Waals surface area contributed by atoms with Gasteiger partial charge in [0.15, 0.2) is 0 Å². The van der Waals surface area contributed by atoms with Crippen LogP contribution in [0, 0.1) is 5.82 Å². The summed E-state index contributed by atoms with van der Waals surface area (Å²) < 4.78 is 12.7. The molecule has 0 heterocycles. The summed E-state index contributed by atoms with van der Waals surface area (Å²) in [6.45, 7) is 0. The van der Waals surface area contributed by atoms with Gasteiger partial charge in [-0.15, -0.1) is 12.4 Å². The smallest absolute Gasteiger partial charge is 0.338 e. The van der Waals surface area contributed by atoms with Gasteiger partial charge in [-0.25, -0.2) is 9.18 Å². The molecule has 4 N–H and O–H groups in total. The number of rotatable bonds is 2. The first-order chi connectivity index (χ1) is 5.65. The minimum atomic E-state index is -1.32. The Kier molecular flexibility index (Phi) is 4.16. The molecule has 0 saturated heterocycles. The molecule has 1 aromatic rings. The number of anilines is 1. The summed E-state index contributed by atoms with van der Waals surface area (Å²) in [6, 6.07) is 3.51. The van der Waals surface area contributed by atoms with Gasteiger partial charge in [-0.1, -0.05) is 0 Å². The fourth-order valence-electron chi connectivity index (χ4n) is 0.779. The summed E-state index contributed by atoms with van der Waals surface area (Å²) in [6.07, 6.45) is 0. The number of nitrogens with one attached hydrogen (secondary N) is 1. The molecule has 0 aliphatic heterocycles. The highest BCUT2D eigenvalue weighted by Crippen LogP contribution is 2.13. The molecule has 1 aromatic carbocycles. The van der Waals surface area contributed by atoms with Crippen LogP contribution in [0.4, 0.5) is 10.1 Å². The zero-order valence-corrected chi connectivity index (χ0v) is 7.27. The van der Waals surface area contributed by atoms with Gasteiger partial charge in [-0.05, 0) is 18.2 Å². The van der Waals surface area contributed by atoms with E-state index in [1.807, 2.05) is 0 Å². The molecule has 0 aliphatic rings. The Morgan fingerprint density at radius 3 is 2.62 bits per heavy atom. The lowest BCUT2D eigenvalue weighted by Crippen LogP contribution is -2.08. The number of carboxylic acid groups (broad SMARTS) is 1. The van der Waals surface area contributed by atoms with Gasteiger partial charge in [0.2, 0.25) is 0 Å². The number of hydrogen-bond acceptors (Lipinski definition) is 3. The van der Waals surface area contributed by atoms with Gasteiger partial charge in [0, 0.05) is 5.69 Å². The van der Waals surface area contributed by atoms with Crippen LogP contribution < -0.4 is 11.3 Å². The van der Waals surface area contributed by atoms with E-state index in [0.717, 1.165) is 12.1 Å². The van der Waals surface area contributed by atoms with Crippen LogP contribution in [0.1, 0.15) is 10.4 Å². The summed E-state index contributed by atoms with van der Waals surface area (Å²) in [7, 11) is 0. The normalized spacial score (nSPS) is 8.77. The maximum atomic E-state index is 12.7. The van der Waals surface area contributed by atoms with E-state index in [2.05, 4.69) is 5.43 Å². The molecule has 13 heavy (non-hydrogen) atoms. The van der Waals surface area contributed by atoms with Gasteiger partial charge in [0.1, 0.15) is 5.82 Å². The summed E-state index contributed by atoms with van der Waals surface area (Å²) in [5, 5.41) is 8.48. The van der Waals surface area contributed by atoms with E-state index < -0.39 is 17.3 Å². The largest absolute Gasteiger partial charge is 0.478 e. The van der Waals surface area contributed by atoms with Crippen LogP contribution in [0.15, 0.2) is 18.2 Å². The van der Waals surface area contributed by atoms with Crippen molar-refractivity contribution in [2.45, 2.75) is 0 Å². The first-order valence-corrected chi connectivity index (χ1v) is 3.14. The lowest BCUT2D eigenvalue weighted by atomic mass is 10.2. The van der Waals surface area contributed by atoms with Gasteiger partial charge >= 0.3 is 5.97 Å². The molecule has 1 rings (SSSR count). The van der Waals surface area contributed by atoms with E-state index in [0.29, 0.717) is 5.69 Å². The van der Waals surface area contributed by atoms with E-state index in [1.165, 1.54) is 6.07 Å². The van der Waals surface area contributed by atoms with Crippen molar-refractivity contribution in [1.82, 2.24) is 0 Å². The van der Waals surface area contributed by atoms with E-state index in [-0.39, 0.29) is 12.4 Å². The van der Waals surface area contributed by atoms with Crippen LogP contribution in [-0.4, -0.2) is 11.1 Å². The van der Waals surface area contributed by atoms with Crippen LogP contribution in [0.25, 0.3) is 0 Å². The van der Waals surface area contributed by atoms with E-state index in [1.54, 1.807) is 0 Å². The van der Waals surface area contributed by atoms with Gasteiger partial charge < -0.3 is 10.5 Å². The Morgan fingerprint density at radius 2 is 2.15 bits per heavy atom. The molecule has 0 amide bonds. The Hall–Kier alpha value is -1.33. The molecular weight excluding hydrogens is 199 g/mol. The predicted octanol–water partition coefficient (Wildman–Crippen LogP) is 1.23. The third-order valence-corrected chi connectivity index (χ3v) is 1.36. The third-order valence-electron chi connectivity index (χ3n) is 1.36. The highest BCUT2D eigenvalue weighted by Gasteiger charge is 2.09. The molecule has 6 heteroatoms. The molecular formula is C7H8ClFN2O2. The van der Waals surface area contributed by atoms with Crippen molar-refractivity contribution in [1.29, 1.82) is 0 Å². The number of carbonyl (C=O) groups is 1. The first kappa shape index (κ1) is 11.7. The number of benzene rings is 1. The topological polar surface area (TPSA) is 75.3 Å².